The molecule has 1 aliphatic carbocycles. The lowest BCUT2D eigenvalue weighted by Gasteiger charge is -2.25. The maximum Gasteiger partial charge on any atom is 0.308 e. The Bertz CT molecular complexity index is 319. The van der Waals surface area contributed by atoms with Gasteiger partial charge >= 0.3 is 11.9 Å². The number of carbonyl (C=O) groups is 2. The SMILES string of the molecule is CCCCCCCCCOC(=O)C1CCC(C(=O)OC)CC1. The van der Waals surface area contributed by atoms with Crippen molar-refractivity contribution in [1.82, 2.24) is 0 Å². The van der Waals surface area contributed by atoms with E-state index in [4.69, 9.17) is 9.47 Å². The Morgan fingerprint density at radius 3 is 1.86 bits per heavy atom. The zero-order valence-corrected chi connectivity index (χ0v) is 14.3. The van der Waals surface area contributed by atoms with Crippen molar-refractivity contribution in [3.63, 3.8) is 0 Å². The second-order valence-corrected chi connectivity index (χ2v) is 6.36. The first-order valence-corrected chi connectivity index (χ1v) is 8.93. The summed E-state index contributed by atoms with van der Waals surface area (Å²) < 4.78 is 10.1. The van der Waals surface area contributed by atoms with E-state index >= 15 is 0 Å². The summed E-state index contributed by atoms with van der Waals surface area (Å²) in [4.78, 5) is 23.4. The molecule has 0 heterocycles. The third-order valence-corrected chi connectivity index (χ3v) is 4.59. The highest BCUT2D eigenvalue weighted by atomic mass is 16.5. The molecule has 1 saturated carbocycles. The summed E-state index contributed by atoms with van der Waals surface area (Å²) in [5.74, 6) is -0.271. The molecule has 0 N–H and O–H groups in total. The van der Waals surface area contributed by atoms with Gasteiger partial charge in [0.05, 0.1) is 25.6 Å². The van der Waals surface area contributed by atoms with Crippen molar-refractivity contribution in [1.29, 1.82) is 0 Å². The van der Waals surface area contributed by atoms with Crippen LogP contribution in [0, 0.1) is 11.8 Å². The summed E-state index contributed by atoms with van der Waals surface area (Å²) in [5.41, 5.74) is 0. The zero-order chi connectivity index (χ0) is 16.2. The van der Waals surface area contributed by atoms with Crippen molar-refractivity contribution in [3.05, 3.63) is 0 Å². The van der Waals surface area contributed by atoms with Crippen LogP contribution in [0.2, 0.25) is 0 Å². The standard InChI is InChI=1S/C18H32O4/c1-3-4-5-6-7-8-9-14-22-18(20)16-12-10-15(11-13-16)17(19)21-2/h15-16H,3-14H2,1-2H3. The molecule has 0 aromatic carbocycles. The summed E-state index contributed by atoms with van der Waals surface area (Å²) in [6.07, 6.45) is 11.5. The van der Waals surface area contributed by atoms with Gasteiger partial charge in [-0.05, 0) is 32.1 Å². The highest BCUT2D eigenvalue weighted by molar-refractivity contribution is 5.75. The summed E-state index contributed by atoms with van der Waals surface area (Å²) >= 11 is 0. The van der Waals surface area contributed by atoms with Crippen LogP contribution >= 0.6 is 0 Å². The van der Waals surface area contributed by atoms with E-state index in [2.05, 4.69) is 6.92 Å². The fourth-order valence-corrected chi connectivity index (χ4v) is 3.08. The number of unbranched alkanes of at least 4 members (excludes halogenated alkanes) is 6. The van der Waals surface area contributed by atoms with Crippen LogP contribution in [0.1, 0.15) is 77.6 Å². The lowest BCUT2D eigenvalue weighted by Crippen LogP contribution is -2.28. The van der Waals surface area contributed by atoms with Gasteiger partial charge < -0.3 is 9.47 Å². The number of methoxy groups -OCH3 is 1. The van der Waals surface area contributed by atoms with Crippen LogP contribution in [0.15, 0.2) is 0 Å². The number of carbonyl (C=O) groups excluding carboxylic acids is 2. The minimum Gasteiger partial charge on any atom is -0.469 e. The molecule has 0 bridgehead atoms. The maximum atomic E-state index is 12.0. The smallest absolute Gasteiger partial charge is 0.308 e. The van der Waals surface area contributed by atoms with E-state index in [0.717, 1.165) is 38.5 Å². The lowest BCUT2D eigenvalue weighted by molar-refractivity contribution is -0.153. The van der Waals surface area contributed by atoms with Gasteiger partial charge in [-0.25, -0.2) is 0 Å². The molecule has 0 spiro atoms. The molecule has 128 valence electrons. The molecule has 0 aromatic heterocycles. The van der Waals surface area contributed by atoms with Gasteiger partial charge in [0.25, 0.3) is 0 Å². The Hall–Kier alpha value is -1.06. The van der Waals surface area contributed by atoms with Gasteiger partial charge in [-0.1, -0.05) is 45.4 Å². The lowest BCUT2D eigenvalue weighted by atomic mass is 9.82. The van der Waals surface area contributed by atoms with Crippen LogP contribution in [-0.2, 0) is 19.1 Å². The average molecular weight is 312 g/mol. The van der Waals surface area contributed by atoms with Crippen molar-refractivity contribution in [3.8, 4) is 0 Å². The fourth-order valence-electron chi connectivity index (χ4n) is 3.08. The largest absolute Gasteiger partial charge is 0.469 e. The van der Waals surface area contributed by atoms with E-state index in [1.165, 1.54) is 39.2 Å². The van der Waals surface area contributed by atoms with E-state index in [-0.39, 0.29) is 23.8 Å². The topological polar surface area (TPSA) is 52.6 Å². The van der Waals surface area contributed by atoms with Crippen LogP contribution in [0.5, 0.6) is 0 Å². The van der Waals surface area contributed by atoms with Gasteiger partial charge in [-0.15, -0.1) is 0 Å². The van der Waals surface area contributed by atoms with Crippen LogP contribution in [0.25, 0.3) is 0 Å². The number of hydrogen-bond donors (Lipinski definition) is 0. The molecule has 0 radical (unpaired) electrons. The Morgan fingerprint density at radius 1 is 0.818 bits per heavy atom. The van der Waals surface area contributed by atoms with E-state index in [9.17, 15) is 9.59 Å². The first-order valence-electron chi connectivity index (χ1n) is 8.93. The summed E-state index contributed by atoms with van der Waals surface area (Å²) in [6.45, 7) is 2.77. The number of ether oxygens (including phenoxy) is 2. The minimum absolute atomic E-state index is 0.0227. The van der Waals surface area contributed by atoms with E-state index in [1.54, 1.807) is 0 Å². The molecule has 0 atom stereocenters. The molecule has 4 heteroatoms. The van der Waals surface area contributed by atoms with Gasteiger partial charge in [-0.3, -0.25) is 9.59 Å². The Balaban J connectivity index is 2.03. The third-order valence-electron chi connectivity index (χ3n) is 4.59. The van der Waals surface area contributed by atoms with Gasteiger partial charge in [0.1, 0.15) is 0 Å². The Labute approximate surface area is 134 Å². The Kier molecular flexibility index (Phi) is 9.93. The van der Waals surface area contributed by atoms with Crippen LogP contribution in [0.4, 0.5) is 0 Å². The predicted molar refractivity (Wildman–Crippen MR) is 86.4 cm³/mol. The Morgan fingerprint density at radius 2 is 1.32 bits per heavy atom. The second kappa shape index (κ2) is 11.5. The number of hydrogen-bond acceptors (Lipinski definition) is 4. The molecular formula is C18H32O4. The van der Waals surface area contributed by atoms with Gasteiger partial charge in [-0.2, -0.15) is 0 Å². The molecule has 1 rings (SSSR count). The number of esters is 2. The number of rotatable bonds is 10. The first kappa shape index (κ1) is 19.0. The maximum absolute atomic E-state index is 12.0. The van der Waals surface area contributed by atoms with E-state index in [1.807, 2.05) is 0 Å². The van der Waals surface area contributed by atoms with Gasteiger partial charge in [0, 0.05) is 0 Å². The highest BCUT2D eigenvalue weighted by Crippen LogP contribution is 2.30. The highest BCUT2D eigenvalue weighted by Gasteiger charge is 2.31. The average Bonchev–Trinajstić information content (AvgIpc) is 2.56. The quantitative estimate of drug-likeness (QED) is 0.447. The van der Waals surface area contributed by atoms with Crippen molar-refractivity contribution in [2.45, 2.75) is 77.6 Å². The molecule has 0 amide bonds. The van der Waals surface area contributed by atoms with E-state index in [0.29, 0.717) is 6.61 Å². The normalized spacial score (nSPS) is 21.4. The molecule has 1 aliphatic rings. The van der Waals surface area contributed by atoms with Crippen LogP contribution in [-0.4, -0.2) is 25.7 Å². The van der Waals surface area contributed by atoms with Crippen molar-refractivity contribution in [2.24, 2.45) is 11.8 Å². The van der Waals surface area contributed by atoms with E-state index < -0.39 is 0 Å². The summed E-state index contributed by atoms with van der Waals surface area (Å²) in [6, 6.07) is 0. The second-order valence-electron chi connectivity index (χ2n) is 6.36. The minimum atomic E-state index is -0.144. The van der Waals surface area contributed by atoms with Crippen LogP contribution < -0.4 is 0 Å². The predicted octanol–water partition coefficient (Wildman–Crippen LogP) is 4.26. The van der Waals surface area contributed by atoms with Crippen LogP contribution in [0.3, 0.4) is 0 Å². The van der Waals surface area contributed by atoms with Gasteiger partial charge in [0.2, 0.25) is 0 Å². The monoisotopic (exact) mass is 312 g/mol. The van der Waals surface area contributed by atoms with Crippen molar-refractivity contribution >= 4 is 11.9 Å². The molecule has 4 nitrogen and oxygen atoms in total. The van der Waals surface area contributed by atoms with Crippen molar-refractivity contribution in [2.75, 3.05) is 13.7 Å². The fraction of sp³-hybridized carbons (Fsp3) is 0.889. The summed E-state index contributed by atoms with van der Waals surface area (Å²) in [5, 5.41) is 0. The molecule has 1 fully saturated rings. The molecular weight excluding hydrogens is 280 g/mol. The first-order chi connectivity index (χ1) is 10.7. The summed E-state index contributed by atoms with van der Waals surface area (Å²) in [7, 11) is 1.42. The molecule has 0 saturated heterocycles. The van der Waals surface area contributed by atoms with Gasteiger partial charge in [0.15, 0.2) is 0 Å². The molecule has 0 aliphatic heterocycles. The molecule has 22 heavy (non-hydrogen) atoms. The third kappa shape index (κ3) is 7.28. The molecule has 0 aromatic rings. The van der Waals surface area contributed by atoms with Crippen molar-refractivity contribution < 1.29 is 19.1 Å². The molecule has 0 unspecified atom stereocenters. The zero-order valence-electron chi connectivity index (χ0n) is 14.3.